The Kier molecular flexibility index (Phi) is 3.77. The van der Waals surface area contributed by atoms with Crippen molar-refractivity contribution in [2.75, 3.05) is 0 Å². The summed E-state index contributed by atoms with van der Waals surface area (Å²) in [5, 5.41) is 5.54. The summed E-state index contributed by atoms with van der Waals surface area (Å²) in [7, 11) is 0. The number of carbonyl (C=O) groups is 1. The summed E-state index contributed by atoms with van der Waals surface area (Å²) >= 11 is 6.24. The van der Waals surface area contributed by atoms with Crippen LogP contribution in [-0.4, -0.2) is 15.7 Å². The topological polar surface area (TPSA) is 60.9 Å². The maximum absolute atomic E-state index is 13.7. The summed E-state index contributed by atoms with van der Waals surface area (Å²) in [6, 6.07) is 8.98. The molecular formula is C17H11ClFN3O. The Morgan fingerprint density at radius 2 is 2.17 bits per heavy atom. The van der Waals surface area contributed by atoms with E-state index in [9.17, 15) is 9.18 Å². The van der Waals surface area contributed by atoms with Crippen LogP contribution in [0.2, 0.25) is 5.02 Å². The second-order valence-electron chi connectivity index (χ2n) is 4.90. The van der Waals surface area contributed by atoms with Crippen molar-refractivity contribution < 1.29 is 9.18 Å². The van der Waals surface area contributed by atoms with Gasteiger partial charge in [0.2, 0.25) is 5.91 Å². The number of hydrogen-bond donors (Lipinski definition) is 1. The molecule has 0 bridgehead atoms. The van der Waals surface area contributed by atoms with Crippen LogP contribution < -0.4 is 5.73 Å². The molecule has 0 unspecified atom stereocenters. The van der Waals surface area contributed by atoms with Gasteiger partial charge in [0, 0.05) is 16.5 Å². The molecule has 2 aromatic carbocycles. The Morgan fingerprint density at radius 1 is 1.39 bits per heavy atom. The van der Waals surface area contributed by atoms with Crippen LogP contribution in [0.3, 0.4) is 0 Å². The van der Waals surface area contributed by atoms with Gasteiger partial charge >= 0.3 is 0 Å². The molecule has 3 rings (SSSR count). The van der Waals surface area contributed by atoms with Crippen molar-refractivity contribution in [1.29, 1.82) is 0 Å². The molecule has 0 aliphatic rings. The molecule has 1 amide bonds. The fourth-order valence-electron chi connectivity index (χ4n) is 2.52. The van der Waals surface area contributed by atoms with E-state index in [0.29, 0.717) is 27.2 Å². The van der Waals surface area contributed by atoms with Crippen LogP contribution in [0.4, 0.5) is 4.39 Å². The molecule has 0 fully saturated rings. The zero-order valence-corrected chi connectivity index (χ0v) is 12.6. The highest BCUT2D eigenvalue weighted by molar-refractivity contribution is 6.35. The molecule has 6 heteroatoms. The number of nitrogens with two attached hydrogens (primary N) is 1. The van der Waals surface area contributed by atoms with Crippen LogP contribution in [-0.2, 0) is 6.54 Å². The van der Waals surface area contributed by atoms with Crippen molar-refractivity contribution in [3.63, 3.8) is 0 Å². The molecule has 2 N–H and O–H groups in total. The van der Waals surface area contributed by atoms with Crippen molar-refractivity contribution in [3.8, 4) is 23.6 Å². The molecule has 0 aliphatic carbocycles. The number of nitrogens with zero attached hydrogens (tertiary/aromatic N) is 2. The first-order chi connectivity index (χ1) is 11.0. The lowest BCUT2D eigenvalue weighted by atomic mass is 10.0. The number of primary amides is 1. The summed E-state index contributed by atoms with van der Waals surface area (Å²) in [5.41, 5.74) is 6.91. The fraction of sp³-hybridized carbons (Fsp3) is 0.0588. The van der Waals surface area contributed by atoms with Crippen molar-refractivity contribution in [1.82, 2.24) is 9.78 Å². The SMILES string of the molecule is C#CCn1nc(-c2cc(F)ccc2C(N)=O)c2cccc(Cl)c21. The number of rotatable bonds is 3. The molecule has 4 nitrogen and oxygen atoms in total. The number of carbonyl (C=O) groups excluding carboxylic acids is 1. The van der Waals surface area contributed by atoms with Crippen LogP contribution >= 0.6 is 11.6 Å². The Hall–Kier alpha value is -2.84. The summed E-state index contributed by atoms with van der Waals surface area (Å²) in [6.45, 7) is 0.196. The molecule has 0 saturated heterocycles. The Morgan fingerprint density at radius 3 is 2.87 bits per heavy atom. The maximum atomic E-state index is 13.7. The number of aromatic nitrogens is 2. The van der Waals surface area contributed by atoms with E-state index in [1.807, 2.05) is 0 Å². The molecule has 23 heavy (non-hydrogen) atoms. The van der Waals surface area contributed by atoms with Crippen LogP contribution in [0.25, 0.3) is 22.2 Å². The van der Waals surface area contributed by atoms with Crippen molar-refractivity contribution in [2.24, 2.45) is 5.73 Å². The van der Waals surface area contributed by atoms with Gasteiger partial charge in [0.25, 0.3) is 0 Å². The van der Waals surface area contributed by atoms with Crippen LogP contribution in [0.5, 0.6) is 0 Å². The maximum Gasteiger partial charge on any atom is 0.249 e. The van der Waals surface area contributed by atoms with E-state index in [1.165, 1.54) is 18.2 Å². The summed E-state index contributed by atoms with van der Waals surface area (Å²) in [6.07, 6.45) is 5.36. The van der Waals surface area contributed by atoms with Gasteiger partial charge in [-0.1, -0.05) is 29.7 Å². The Labute approximate surface area is 136 Å². The minimum absolute atomic E-state index is 0.179. The third-order valence-electron chi connectivity index (χ3n) is 3.46. The smallest absolute Gasteiger partial charge is 0.249 e. The lowest BCUT2D eigenvalue weighted by molar-refractivity contribution is 0.100. The number of terminal acetylenes is 1. The average molecular weight is 328 g/mol. The zero-order chi connectivity index (χ0) is 16.6. The third-order valence-corrected chi connectivity index (χ3v) is 3.77. The lowest BCUT2D eigenvalue weighted by Crippen LogP contribution is -2.12. The minimum atomic E-state index is -0.665. The van der Waals surface area contributed by atoms with Crippen molar-refractivity contribution in [2.45, 2.75) is 6.54 Å². The molecule has 114 valence electrons. The van der Waals surface area contributed by atoms with E-state index in [2.05, 4.69) is 11.0 Å². The fourth-order valence-corrected chi connectivity index (χ4v) is 2.79. The predicted molar refractivity (Wildman–Crippen MR) is 87.5 cm³/mol. The summed E-state index contributed by atoms with van der Waals surface area (Å²) < 4.78 is 15.2. The molecule has 0 saturated carbocycles. The molecule has 3 aromatic rings. The third kappa shape index (κ3) is 2.54. The largest absolute Gasteiger partial charge is 0.366 e. The molecular weight excluding hydrogens is 317 g/mol. The first-order valence-corrected chi connectivity index (χ1v) is 7.09. The highest BCUT2D eigenvalue weighted by Gasteiger charge is 2.19. The highest BCUT2D eigenvalue weighted by atomic mass is 35.5. The number of hydrogen-bond acceptors (Lipinski definition) is 2. The van der Waals surface area contributed by atoms with Crippen LogP contribution in [0.15, 0.2) is 36.4 Å². The van der Waals surface area contributed by atoms with Gasteiger partial charge in [-0.25, -0.2) is 4.39 Å². The van der Waals surface area contributed by atoms with Gasteiger partial charge in [-0.2, -0.15) is 5.10 Å². The van der Waals surface area contributed by atoms with Crippen molar-refractivity contribution in [3.05, 3.63) is 52.8 Å². The standard InChI is InChI=1S/C17H11ClFN3O/c1-2-8-22-16-12(4-3-5-14(16)18)15(21-22)13-9-10(19)6-7-11(13)17(20)23/h1,3-7,9H,8H2,(H2,20,23). The molecule has 0 spiro atoms. The number of benzene rings is 2. The second kappa shape index (κ2) is 5.75. The van der Waals surface area contributed by atoms with E-state index in [-0.39, 0.29) is 12.1 Å². The first kappa shape index (κ1) is 15.1. The van der Waals surface area contributed by atoms with Gasteiger partial charge in [-0.3, -0.25) is 9.48 Å². The van der Waals surface area contributed by atoms with E-state index in [4.69, 9.17) is 23.8 Å². The van der Waals surface area contributed by atoms with Gasteiger partial charge in [-0.05, 0) is 24.3 Å². The second-order valence-corrected chi connectivity index (χ2v) is 5.31. The van der Waals surface area contributed by atoms with E-state index in [0.717, 1.165) is 0 Å². The van der Waals surface area contributed by atoms with Gasteiger partial charge in [0.1, 0.15) is 18.1 Å². The van der Waals surface area contributed by atoms with Gasteiger partial charge in [0.05, 0.1) is 10.5 Å². The first-order valence-electron chi connectivity index (χ1n) is 6.71. The Balaban J connectivity index is 2.38. The normalized spacial score (nSPS) is 10.7. The molecule has 0 aliphatic heterocycles. The number of halogens is 2. The van der Waals surface area contributed by atoms with E-state index in [1.54, 1.807) is 22.9 Å². The van der Waals surface area contributed by atoms with Crippen LogP contribution in [0.1, 0.15) is 10.4 Å². The van der Waals surface area contributed by atoms with Gasteiger partial charge in [0.15, 0.2) is 0 Å². The number of para-hydroxylation sites is 1. The number of fused-ring (bicyclic) bond motifs is 1. The molecule has 1 aromatic heterocycles. The minimum Gasteiger partial charge on any atom is -0.366 e. The summed E-state index contributed by atoms with van der Waals surface area (Å²) in [5.74, 6) is 1.33. The monoisotopic (exact) mass is 327 g/mol. The van der Waals surface area contributed by atoms with Gasteiger partial charge < -0.3 is 5.73 Å². The zero-order valence-electron chi connectivity index (χ0n) is 11.9. The quantitative estimate of drug-likeness (QED) is 0.751. The van der Waals surface area contributed by atoms with E-state index < -0.39 is 11.7 Å². The predicted octanol–water partition coefficient (Wildman–Crippen LogP) is 3.23. The Bertz CT molecular complexity index is 972. The van der Waals surface area contributed by atoms with E-state index >= 15 is 0 Å². The van der Waals surface area contributed by atoms with Crippen molar-refractivity contribution >= 4 is 28.4 Å². The van der Waals surface area contributed by atoms with Gasteiger partial charge in [-0.15, -0.1) is 6.42 Å². The molecule has 0 radical (unpaired) electrons. The summed E-state index contributed by atoms with van der Waals surface area (Å²) in [4.78, 5) is 11.6. The molecule has 0 atom stereocenters. The lowest BCUT2D eigenvalue weighted by Gasteiger charge is -2.05. The van der Waals surface area contributed by atoms with Crippen LogP contribution in [0, 0.1) is 18.2 Å². The average Bonchev–Trinajstić information content (AvgIpc) is 2.87. The number of amides is 1. The molecule has 1 heterocycles. The highest BCUT2D eigenvalue weighted by Crippen LogP contribution is 2.34.